The molecule has 20 heavy (non-hydrogen) atoms. The first-order valence-corrected chi connectivity index (χ1v) is 7.47. The number of methoxy groups -OCH3 is 2. The van der Waals surface area contributed by atoms with E-state index < -0.39 is 0 Å². The summed E-state index contributed by atoms with van der Waals surface area (Å²) in [5.74, 6) is 2.80. The van der Waals surface area contributed by atoms with E-state index in [-0.39, 0.29) is 0 Å². The van der Waals surface area contributed by atoms with Crippen LogP contribution in [0.5, 0.6) is 11.5 Å². The second-order valence-electron chi connectivity index (χ2n) is 5.70. The van der Waals surface area contributed by atoms with Gasteiger partial charge in [-0.05, 0) is 42.5 Å². The Morgan fingerprint density at radius 3 is 2.20 bits per heavy atom. The van der Waals surface area contributed by atoms with Gasteiger partial charge >= 0.3 is 0 Å². The van der Waals surface area contributed by atoms with Crippen LogP contribution >= 0.6 is 0 Å². The van der Waals surface area contributed by atoms with Crippen molar-refractivity contribution in [3.63, 3.8) is 0 Å². The summed E-state index contributed by atoms with van der Waals surface area (Å²) >= 11 is 0. The molecule has 0 heterocycles. The lowest BCUT2D eigenvalue weighted by molar-refractivity contribution is 0.301. The highest BCUT2D eigenvalue weighted by Gasteiger charge is 2.20. The highest BCUT2D eigenvalue weighted by molar-refractivity contribution is 5.43. The van der Waals surface area contributed by atoms with Crippen LogP contribution in [0.15, 0.2) is 18.2 Å². The van der Waals surface area contributed by atoms with Crippen LogP contribution in [-0.2, 0) is 6.42 Å². The molecule has 1 N–H and O–H groups in total. The van der Waals surface area contributed by atoms with Crippen LogP contribution < -0.4 is 14.8 Å². The SMILES string of the molecule is CCNC(C(C)C)C(C)Cc1ccc(OC)c(OC)c1. The molecule has 0 amide bonds. The Kier molecular flexibility index (Phi) is 6.86. The number of hydrogen-bond donors (Lipinski definition) is 1. The zero-order valence-electron chi connectivity index (χ0n) is 13.7. The van der Waals surface area contributed by atoms with Gasteiger partial charge < -0.3 is 14.8 Å². The van der Waals surface area contributed by atoms with Crippen molar-refractivity contribution in [3.05, 3.63) is 23.8 Å². The lowest BCUT2D eigenvalue weighted by Crippen LogP contribution is -2.40. The normalized spacial score (nSPS) is 14.2. The summed E-state index contributed by atoms with van der Waals surface area (Å²) in [6.07, 6.45) is 1.04. The van der Waals surface area contributed by atoms with E-state index in [4.69, 9.17) is 9.47 Å². The van der Waals surface area contributed by atoms with Gasteiger partial charge in [-0.25, -0.2) is 0 Å². The summed E-state index contributed by atoms with van der Waals surface area (Å²) < 4.78 is 10.7. The van der Waals surface area contributed by atoms with Gasteiger partial charge in [-0.1, -0.05) is 33.8 Å². The van der Waals surface area contributed by atoms with Gasteiger partial charge in [0, 0.05) is 6.04 Å². The van der Waals surface area contributed by atoms with Gasteiger partial charge in [0.05, 0.1) is 14.2 Å². The first kappa shape index (κ1) is 16.8. The maximum absolute atomic E-state index is 5.37. The molecule has 0 aromatic heterocycles. The van der Waals surface area contributed by atoms with Crippen molar-refractivity contribution >= 4 is 0 Å². The van der Waals surface area contributed by atoms with Gasteiger partial charge in [0.1, 0.15) is 0 Å². The van der Waals surface area contributed by atoms with Gasteiger partial charge in [0.25, 0.3) is 0 Å². The standard InChI is InChI=1S/C17H29NO2/c1-7-18-17(12(2)3)13(4)10-14-8-9-15(19-5)16(11-14)20-6/h8-9,11-13,17-18H,7,10H2,1-6H3. The highest BCUT2D eigenvalue weighted by atomic mass is 16.5. The molecule has 0 fully saturated rings. The fraction of sp³-hybridized carbons (Fsp3) is 0.647. The molecule has 0 aliphatic heterocycles. The summed E-state index contributed by atoms with van der Waals surface area (Å²) in [5, 5.41) is 3.60. The van der Waals surface area contributed by atoms with Gasteiger partial charge in [-0.2, -0.15) is 0 Å². The molecule has 114 valence electrons. The second-order valence-corrected chi connectivity index (χ2v) is 5.70. The molecule has 0 aliphatic carbocycles. The molecule has 3 nitrogen and oxygen atoms in total. The minimum absolute atomic E-state index is 0.535. The van der Waals surface area contributed by atoms with Crippen LogP contribution in [0.1, 0.15) is 33.3 Å². The predicted molar refractivity (Wildman–Crippen MR) is 84.7 cm³/mol. The van der Waals surface area contributed by atoms with Gasteiger partial charge in [-0.3, -0.25) is 0 Å². The molecular formula is C17H29NO2. The van der Waals surface area contributed by atoms with Crippen LogP contribution in [0.2, 0.25) is 0 Å². The van der Waals surface area contributed by atoms with Crippen LogP contribution in [0, 0.1) is 11.8 Å². The van der Waals surface area contributed by atoms with E-state index >= 15 is 0 Å². The van der Waals surface area contributed by atoms with Gasteiger partial charge in [0.15, 0.2) is 11.5 Å². The average Bonchev–Trinajstić information content (AvgIpc) is 2.43. The lowest BCUT2D eigenvalue weighted by atomic mass is 9.87. The summed E-state index contributed by atoms with van der Waals surface area (Å²) in [6, 6.07) is 6.73. The number of ether oxygens (including phenoxy) is 2. The molecule has 0 spiro atoms. The maximum atomic E-state index is 5.37. The Balaban J connectivity index is 2.81. The predicted octanol–water partition coefficient (Wildman–Crippen LogP) is 3.52. The number of nitrogens with one attached hydrogen (secondary N) is 1. The Morgan fingerprint density at radius 1 is 1.05 bits per heavy atom. The van der Waals surface area contributed by atoms with Crippen LogP contribution in [0.3, 0.4) is 0 Å². The molecule has 0 radical (unpaired) electrons. The smallest absolute Gasteiger partial charge is 0.160 e. The fourth-order valence-electron chi connectivity index (χ4n) is 2.84. The van der Waals surface area contributed by atoms with Crippen molar-refractivity contribution in [2.75, 3.05) is 20.8 Å². The van der Waals surface area contributed by atoms with E-state index in [0.29, 0.717) is 17.9 Å². The van der Waals surface area contributed by atoms with E-state index in [1.54, 1.807) is 14.2 Å². The molecule has 0 saturated heterocycles. The third-order valence-electron chi connectivity index (χ3n) is 3.78. The molecule has 0 aliphatic rings. The highest BCUT2D eigenvalue weighted by Crippen LogP contribution is 2.29. The third kappa shape index (κ3) is 4.41. The number of benzene rings is 1. The van der Waals surface area contributed by atoms with E-state index in [0.717, 1.165) is 24.5 Å². The Labute approximate surface area is 123 Å². The summed E-state index contributed by atoms with van der Waals surface area (Å²) in [7, 11) is 3.35. The van der Waals surface area contributed by atoms with Crippen molar-refractivity contribution < 1.29 is 9.47 Å². The van der Waals surface area contributed by atoms with Crippen LogP contribution in [-0.4, -0.2) is 26.8 Å². The number of hydrogen-bond acceptors (Lipinski definition) is 3. The minimum atomic E-state index is 0.535. The average molecular weight is 279 g/mol. The molecule has 1 rings (SSSR count). The quantitative estimate of drug-likeness (QED) is 0.790. The molecule has 1 aromatic carbocycles. The van der Waals surface area contributed by atoms with Crippen LogP contribution in [0.4, 0.5) is 0 Å². The largest absolute Gasteiger partial charge is 0.493 e. The van der Waals surface area contributed by atoms with E-state index in [2.05, 4.69) is 45.1 Å². The van der Waals surface area contributed by atoms with Crippen molar-refractivity contribution in [2.24, 2.45) is 11.8 Å². The summed E-state index contributed by atoms with van der Waals surface area (Å²) in [6.45, 7) is 10.0. The second kappa shape index (κ2) is 8.15. The summed E-state index contributed by atoms with van der Waals surface area (Å²) in [4.78, 5) is 0. The first-order chi connectivity index (χ1) is 9.53. The van der Waals surface area contributed by atoms with Crippen LogP contribution in [0.25, 0.3) is 0 Å². The van der Waals surface area contributed by atoms with Gasteiger partial charge in [-0.15, -0.1) is 0 Å². The molecule has 0 saturated carbocycles. The fourth-order valence-corrected chi connectivity index (χ4v) is 2.84. The lowest BCUT2D eigenvalue weighted by Gasteiger charge is -2.28. The third-order valence-corrected chi connectivity index (χ3v) is 3.78. The van der Waals surface area contributed by atoms with Crippen molar-refractivity contribution in [1.82, 2.24) is 5.32 Å². The molecule has 2 atom stereocenters. The maximum Gasteiger partial charge on any atom is 0.160 e. The molecule has 2 unspecified atom stereocenters. The van der Waals surface area contributed by atoms with E-state index in [1.165, 1.54) is 5.56 Å². The zero-order chi connectivity index (χ0) is 15.1. The summed E-state index contributed by atoms with van der Waals surface area (Å²) in [5.41, 5.74) is 1.29. The van der Waals surface area contributed by atoms with Crippen molar-refractivity contribution in [1.29, 1.82) is 0 Å². The topological polar surface area (TPSA) is 30.5 Å². The van der Waals surface area contributed by atoms with Crippen molar-refractivity contribution in [2.45, 2.75) is 40.2 Å². The Bertz CT molecular complexity index is 404. The minimum Gasteiger partial charge on any atom is -0.493 e. The number of rotatable bonds is 8. The Morgan fingerprint density at radius 2 is 1.70 bits per heavy atom. The molecule has 3 heteroatoms. The van der Waals surface area contributed by atoms with Crippen molar-refractivity contribution in [3.8, 4) is 11.5 Å². The molecular weight excluding hydrogens is 250 g/mol. The monoisotopic (exact) mass is 279 g/mol. The van der Waals surface area contributed by atoms with Gasteiger partial charge in [0.2, 0.25) is 0 Å². The van der Waals surface area contributed by atoms with E-state index in [1.807, 2.05) is 6.07 Å². The Hall–Kier alpha value is -1.22. The molecule has 0 bridgehead atoms. The molecule has 1 aromatic rings. The van der Waals surface area contributed by atoms with E-state index in [9.17, 15) is 0 Å². The first-order valence-electron chi connectivity index (χ1n) is 7.47. The zero-order valence-corrected chi connectivity index (χ0v) is 13.7.